The van der Waals surface area contributed by atoms with Crippen LogP contribution in [-0.2, 0) is 6.54 Å². The monoisotopic (exact) mass is 384 g/mol. The van der Waals surface area contributed by atoms with E-state index in [1.165, 1.54) is 9.20 Å². The van der Waals surface area contributed by atoms with Gasteiger partial charge in [0.05, 0.1) is 6.20 Å². The Bertz CT molecular complexity index is 1150. The highest BCUT2D eigenvalue weighted by Gasteiger charge is 2.18. The number of hydrogen-bond acceptors (Lipinski definition) is 3. The van der Waals surface area contributed by atoms with E-state index in [1.807, 2.05) is 55.5 Å². The molecule has 0 spiro atoms. The van der Waals surface area contributed by atoms with Gasteiger partial charge in [0.25, 0.3) is 0 Å². The Morgan fingerprint density at radius 1 is 0.923 bits per heavy atom. The molecule has 2 heterocycles. The van der Waals surface area contributed by atoms with Gasteiger partial charge in [0.15, 0.2) is 5.65 Å². The number of hydrogen-bond donors (Lipinski definition) is 0. The van der Waals surface area contributed by atoms with Crippen LogP contribution in [0.3, 0.4) is 0 Å². The molecule has 26 heavy (non-hydrogen) atoms. The lowest BCUT2D eigenvalue weighted by atomic mass is 9.97. The molecule has 0 radical (unpaired) electrons. The summed E-state index contributed by atoms with van der Waals surface area (Å²) in [6, 6.07) is 14.9. The molecule has 7 heteroatoms. The van der Waals surface area contributed by atoms with Gasteiger partial charge < -0.3 is 0 Å². The van der Waals surface area contributed by atoms with Gasteiger partial charge in [-0.15, -0.1) is 5.10 Å². The first kappa shape index (κ1) is 16.8. The number of benzene rings is 2. The number of aryl methyl sites for hydroxylation is 1. The molecular weight excluding hydrogens is 371 g/mol. The zero-order valence-corrected chi connectivity index (χ0v) is 15.4. The van der Waals surface area contributed by atoms with Gasteiger partial charge in [-0.2, -0.15) is 9.61 Å². The Morgan fingerprint density at radius 3 is 2.08 bits per heavy atom. The van der Waals surface area contributed by atoms with Crippen LogP contribution in [0.5, 0.6) is 0 Å². The average molecular weight is 385 g/mol. The summed E-state index contributed by atoms with van der Waals surface area (Å²) in [4.78, 5) is 12.5. The highest BCUT2D eigenvalue weighted by Crippen LogP contribution is 2.34. The smallest absolute Gasteiger partial charge is 0.244 e. The van der Waals surface area contributed by atoms with Crippen molar-refractivity contribution < 1.29 is 0 Å². The van der Waals surface area contributed by atoms with Crippen LogP contribution in [0.2, 0.25) is 10.0 Å². The van der Waals surface area contributed by atoms with Crippen LogP contribution in [0.4, 0.5) is 0 Å². The number of halogens is 2. The summed E-state index contributed by atoms with van der Waals surface area (Å²) in [7, 11) is 0. The van der Waals surface area contributed by atoms with Crippen molar-refractivity contribution >= 4 is 28.8 Å². The summed E-state index contributed by atoms with van der Waals surface area (Å²) in [5.41, 5.74) is 3.77. The van der Waals surface area contributed by atoms with Gasteiger partial charge in [-0.05, 0) is 42.3 Å². The van der Waals surface area contributed by atoms with E-state index < -0.39 is 0 Å². The first-order valence-corrected chi connectivity index (χ1v) is 8.85. The zero-order valence-electron chi connectivity index (χ0n) is 13.9. The molecule has 4 aromatic rings. The maximum atomic E-state index is 12.5. The number of rotatable bonds is 3. The lowest BCUT2D eigenvalue weighted by Crippen LogP contribution is -2.21. The van der Waals surface area contributed by atoms with Crippen molar-refractivity contribution in [2.24, 2.45) is 0 Å². The molecule has 2 aromatic carbocycles. The molecule has 0 aliphatic carbocycles. The van der Waals surface area contributed by atoms with E-state index >= 15 is 0 Å². The van der Waals surface area contributed by atoms with Gasteiger partial charge in [0.2, 0.25) is 0 Å². The van der Waals surface area contributed by atoms with E-state index in [2.05, 4.69) is 10.2 Å². The van der Waals surface area contributed by atoms with Crippen LogP contribution in [0.25, 0.3) is 27.9 Å². The molecule has 0 aliphatic heterocycles. The van der Waals surface area contributed by atoms with E-state index in [1.54, 1.807) is 6.20 Å². The van der Waals surface area contributed by atoms with E-state index in [9.17, 15) is 4.79 Å². The van der Waals surface area contributed by atoms with Gasteiger partial charge >= 0.3 is 5.69 Å². The van der Waals surface area contributed by atoms with Crippen molar-refractivity contribution in [3.63, 3.8) is 0 Å². The zero-order chi connectivity index (χ0) is 18.3. The fourth-order valence-electron chi connectivity index (χ4n) is 2.92. The Hall–Kier alpha value is -2.63. The van der Waals surface area contributed by atoms with Crippen molar-refractivity contribution in [1.82, 2.24) is 19.4 Å². The van der Waals surface area contributed by atoms with E-state index in [-0.39, 0.29) is 5.69 Å². The minimum absolute atomic E-state index is 0.264. The fraction of sp³-hybridized carbons (Fsp3) is 0.105. The molecule has 0 unspecified atom stereocenters. The Kier molecular flexibility index (Phi) is 4.26. The first-order chi connectivity index (χ1) is 12.6. The first-order valence-electron chi connectivity index (χ1n) is 8.09. The summed E-state index contributed by atoms with van der Waals surface area (Å²) >= 11 is 12.1. The number of nitrogens with zero attached hydrogens (tertiary/aromatic N) is 4. The third kappa shape index (κ3) is 2.79. The number of fused-ring (bicyclic) bond motifs is 1. The highest BCUT2D eigenvalue weighted by molar-refractivity contribution is 6.31. The van der Waals surface area contributed by atoms with E-state index in [0.29, 0.717) is 22.2 Å². The summed E-state index contributed by atoms with van der Waals surface area (Å²) in [6.07, 6.45) is 1.68. The molecule has 0 saturated heterocycles. The number of aromatic nitrogens is 4. The van der Waals surface area contributed by atoms with Crippen LogP contribution in [0, 0.1) is 0 Å². The molecule has 0 aliphatic rings. The van der Waals surface area contributed by atoms with Crippen LogP contribution in [0.15, 0.2) is 59.5 Å². The van der Waals surface area contributed by atoms with Gasteiger partial charge in [0.1, 0.15) is 0 Å². The van der Waals surface area contributed by atoms with Crippen LogP contribution in [-0.4, -0.2) is 19.4 Å². The standard InChI is InChI=1S/C19H14Cl2N4O/c1-2-24-19(26)25-18(23-24)17(13-5-9-15(21)10-6-13)16(11-22-25)12-3-7-14(20)8-4-12/h3-11H,2H2,1H3. The van der Waals surface area contributed by atoms with Crippen molar-refractivity contribution in [2.75, 3.05) is 0 Å². The molecule has 0 fully saturated rings. The SMILES string of the molecule is CCn1nc2c(-c3ccc(Cl)cc3)c(-c3ccc(Cl)cc3)cnn2c1=O. The highest BCUT2D eigenvalue weighted by atomic mass is 35.5. The summed E-state index contributed by atoms with van der Waals surface area (Å²) in [5.74, 6) is 0. The lowest BCUT2D eigenvalue weighted by Gasteiger charge is -2.11. The second kappa shape index (κ2) is 6.59. The Morgan fingerprint density at radius 2 is 1.50 bits per heavy atom. The normalized spacial score (nSPS) is 11.2. The molecule has 4 rings (SSSR count). The molecule has 0 saturated carbocycles. The van der Waals surface area contributed by atoms with Gasteiger partial charge in [0, 0.05) is 27.7 Å². The summed E-state index contributed by atoms with van der Waals surface area (Å²) < 4.78 is 2.72. The molecular formula is C19H14Cl2N4O. The summed E-state index contributed by atoms with van der Waals surface area (Å²) in [6.45, 7) is 2.34. The Labute approximate surface area is 159 Å². The maximum absolute atomic E-state index is 12.5. The predicted octanol–water partition coefficient (Wildman–Crippen LogP) is 4.55. The van der Waals surface area contributed by atoms with Crippen LogP contribution >= 0.6 is 23.2 Å². The third-order valence-electron chi connectivity index (χ3n) is 4.20. The topological polar surface area (TPSA) is 52.2 Å². The molecule has 0 atom stereocenters. The molecule has 5 nitrogen and oxygen atoms in total. The minimum atomic E-state index is -0.264. The van der Waals surface area contributed by atoms with Gasteiger partial charge in [-0.25, -0.2) is 9.48 Å². The lowest BCUT2D eigenvalue weighted by molar-refractivity contribution is 0.626. The van der Waals surface area contributed by atoms with Crippen LogP contribution in [0.1, 0.15) is 6.92 Å². The second-order valence-corrected chi connectivity index (χ2v) is 6.65. The molecule has 0 bridgehead atoms. The second-order valence-electron chi connectivity index (χ2n) is 5.78. The van der Waals surface area contributed by atoms with Crippen LogP contribution < -0.4 is 5.69 Å². The predicted molar refractivity (Wildman–Crippen MR) is 104 cm³/mol. The van der Waals surface area contributed by atoms with Gasteiger partial charge in [-0.1, -0.05) is 47.5 Å². The molecule has 0 N–H and O–H groups in total. The molecule has 130 valence electrons. The largest absolute Gasteiger partial charge is 0.367 e. The maximum Gasteiger partial charge on any atom is 0.367 e. The van der Waals surface area contributed by atoms with E-state index in [4.69, 9.17) is 23.2 Å². The van der Waals surface area contributed by atoms with Crippen molar-refractivity contribution in [2.45, 2.75) is 13.5 Å². The third-order valence-corrected chi connectivity index (χ3v) is 4.70. The summed E-state index contributed by atoms with van der Waals surface area (Å²) in [5, 5.41) is 10.1. The average Bonchev–Trinajstić information content (AvgIpc) is 2.98. The fourth-order valence-corrected chi connectivity index (χ4v) is 3.17. The quantitative estimate of drug-likeness (QED) is 0.520. The van der Waals surface area contributed by atoms with E-state index in [0.717, 1.165) is 22.3 Å². The Balaban J connectivity index is 2.08. The van der Waals surface area contributed by atoms with Gasteiger partial charge in [-0.3, -0.25) is 0 Å². The molecule has 0 amide bonds. The van der Waals surface area contributed by atoms with Crippen molar-refractivity contribution in [3.05, 3.63) is 75.3 Å². The van der Waals surface area contributed by atoms with Crippen molar-refractivity contribution in [3.8, 4) is 22.3 Å². The van der Waals surface area contributed by atoms with Crippen molar-refractivity contribution in [1.29, 1.82) is 0 Å². The molecule has 2 aromatic heterocycles. The minimum Gasteiger partial charge on any atom is -0.244 e.